The van der Waals surface area contributed by atoms with Gasteiger partial charge in [-0.2, -0.15) is 0 Å². The molecule has 0 unspecified atom stereocenters. The summed E-state index contributed by atoms with van der Waals surface area (Å²) in [5, 5.41) is 0. The molecule has 0 aromatic heterocycles. The van der Waals surface area contributed by atoms with E-state index in [-0.39, 0.29) is 5.75 Å². The van der Waals surface area contributed by atoms with Gasteiger partial charge in [0.2, 0.25) is 0 Å². The molecule has 0 aliphatic carbocycles. The van der Waals surface area contributed by atoms with E-state index in [1.807, 2.05) is 25.8 Å². The molecule has 0 bridgehead atoms. The highest BCUT2D eigenvalue weighted by molar-refractivity contribution is 5.73. The van der Waals surface area contributed by atoms with Gasteiger partial charge in [0.15, 0.2) is 11.6 Å². The number of nitrogens with zero attached hydrogens (tertiary/aromatic N) is 3. The Kier molecular flexibility index (Phi) is 5.96. The summed E-state index contributed by atoms with van der Waals surface area (Å²) in [5.41, 5.74) is 2.56. The molecule has 0 N–H and O–H groups in total. The first-order valence-corrected chi connectivity index (χ1v) is 7.99. The van der Waals surface area contributed by atoms with E-state index in [2.05, 4.69) is 4.99 Å². The van der Waals surface area contributed by atoms with Gasteiger partial charge < -0.3 is 14.5 Å². The molecule has 0 radical (unpaired) electrons. The van der Waals surface area contributed by atoms with Crippen molar-refractivity contribution >= 4 is 23.4 Å². The number of ether oxygens (including phenoxy) is 1. The third-order valence-corrected chi connectivity index (χ3v) is 4.09. The SMILES string of the molecule is CCN(C)/C=N/c1cc(F)cc(N(C)c2ccc(OC)c(F)c2)c1C. The van der Waals surface area contributed by atoms with Gasteiger partial charge in [0.25, 0.3) is 0 Å². The van der Waals surface area contributed by atoms with Crippen LogP contribution in [0.5, 0.6) is 5.75 Å². The van der Waals surface area contributed by atoms with E-state index in [9.17, 15) is 8.78 Å². The Labute approximate surface area is 147 Å². The van der Waals surface area contributed by atoms with Crippen molar-refractivity contribution in [3.8, 4) is 5.75 Å². The van der Waals surface area contributed by atoms with Gasteiger partial charge in [0.1, 0.15) is 5.82 Å². The number of hydrogen-bond donors (Lipinski definition) is 0. The monoisotopic (exact) mass is 347 g/mol. The maximum atomic E-state index is 14.1. The summed E-state index contributed by atoms with van der Waals surface area (Å²) < 4.78 is 33.0. The van der Waals surface area contributed by atoms with Gasteiger partial charge in [-0.3, -0.25) is 0 Å². The lowest BCUT2D eigenvalue weighted by Crippen LogP contribution is -2.14. The highest BCUT2D eigenvalue weighted by Crippen LogP contribution is 2.34. The molecular formula is C19H23F2N3O. The van der Waals surface area contributed by atoms with E-state index in [0.29, 0.717) is 17.1 Å². The van der Waals surface area contributed by atoms with Crippen molar-refractivity contribution < 1.29 is 13.5 Å². The van der Waals surface area contributed by atoms with Crippen molar-refractivity contribution in [1.29, 1.82) is 0 Å². The number of anilines is 2. The van der Waals surface area contributed by atoms with Crippen molar-refractivity contribution in [3.05, 3.63) is 47.5 Å². The fourth-order valence-electron chi connectivity index (χ4n) is 2.38. The van der Waals surface area contributed by atoms with Gasteiger partial charge >= 0.3 is 0 Å². The van der Waals surface area contributed by atoms with Crippen molar-refractivity contribution in [2.45, 2.75) is 13.8 Å². The molecule has 0 spiro atoms. The molecule has 0 saturated heterocycles. The van der Waals surface area contributed by atoms with E-state index in [1.165, 1.54) is 25.3 Å². The average Bonchev–Trinajstić information content (AvgIpc) is 2.61. The van der Waals surface area contributed by atoms with Crippen molar-refractivity contribution in [2.75, 3.05) is 32.6 Å². The van der Waals surface area contributed by atoms with Crippen LogP contribution in [0.3, 0.4) is 0 Å². The van der Waals surface area contributed by atoms with Crippen molar-refractivity contribution in [1.82, 2.24) is 4.90 Å². The van der Waals surface area contributed by atoms with Crippen LogP contribution in [-0.4, -0.2) is 39.0 Å². The highest BCUT2D eigenvalue weighted by atomic mass is 19.1. The largest absolute Gasteiger partial charge is 0.494 e. The molecule has 0 aliphatic rings. The summed E-state index contributed by atoms with van der Waals surface area (Å²) in [6.45, 7) is 4.67. The third kappa shape index (κ3) is 4.26. The quantitative estimate of drug-likeness (QED) is 0.562. The fraction of sp³-hybridized carbons (Fsp3) is 0.316. The summed E-state index contributed by atoms with van der Waals surface area (Å²) in [6, 6.07) is 7.43. The Morgan fingerprint density at radius 1 is 1.16 bits per heavy atom. The minimum absolute atomic E-state index is 0.168. The van der Waals surface area contributed by atoms with Gasteiger partial charge in [-0.25, -0.2) is 13.8 Å². The van der Waals surface area contributed by atoms with Gasteiger partial charge in [-0.1, -0.05) is 0 Å². The van der Waals surface area contributed by atoms with Crippen LogP contribution in [0.15, 0.2) is 35.3 Å². The van der Waals surface area contributed by atoms with E-state index < -0.39 is 11.6 Å². The Hall–Kier alpha value is -2.63. The number of rotatable bonds is 6. The molecule has 2 aromatic carbocycles. The van der Waals surface area contributed by atoms with Gasteiger partial charge in [0.05, 0.1) is 19.1 Å². The van der Waals surface area contributed by atoms with E-state index in [1.54, 1.807) is 30.4 Å². The normalized spacial score (nSPS) is 11.0. The van der Waals surface area contributed by atoms with E-state index in [4.69, 9.17) is 4.74 Å². The lowest BCUT2D eigenvalue weighted by molar-refractivity contribution is 0.386. The maximum absolute atomic E-state index is 14.1. The fourth-order valence-corrected chi connectivity index (χ4v) is 2.38. The van der Waals surface area contributed by atoms with Crippen LogP contribution in [0.1, 0.15) is 12.5 Å². The molecule has 0 fully saturated rings. The van der Waals surface area contributed by atoms with Gasteiger partial charge in [-0.15, -0.1) is 0 Å². The molecule has 0 aliphatic heterocycles. The number of methoxy groups -OCH3 is 1. The first-order valence-electron chi connectivity index (χ1n) is 7.99. The Bertz CT molecular complexity index is 778. The zero-order chi connectivity index (χ0) is 18.6. The maximum Gasteiger partial charge on any atom is 0.167 e. The molecule has 4 nitrogen and oxygen atoms in total. The number of hydrogen-bond acceptors (Lipinski definition) is 3. The summed E-state index contributed by atoms with van der Waals surface area (Å²) in [7, 11) is 5.07. The number of aliphatic imine (C=N–C) groups is 1. The lowest BCUT2D eigenvalue weighted by atomic mass is 10.1. The topological polar surface area (TPSA) is 28.1 Å². The van der Waals surface area contributed by atoms with Crippen LogP contribution in [-0.2, 0) is 0 Å². The molecule has 134 valence electrons. The predicted molar refractivity (Wildman–Crippen MR) is 98.6 cm³/mol. The second-order valence-electron chi connectivity index (χ2n) is 5.76. The van der Waals surface area contributed by atoms with Crippen molar-refractivity contribution in [3.63, 3.8) is 0 Å². The summed E-state index contributed by atoms with van der Waals surface area (Å²) >= 11 is 0. The highest BCUT2D eigenvalue weighted by Gasteiger charge is 2.14. The Balaban J connectivity index is 2.42. The van der Waals surface area contributed by atoms with E-state index >= 15 is 0 Å². The van der Waals surface area contributed by atoms with Crippen LogP contribution in [0, 0.1) is 18.6 Å². The molecule has 0 saturated carbocycles. The predicted octanol–water partition coefficient (Wildman–Crippen LogP) is 4.66. The lowest BCUT2D eigenvalue weighted by Gasteiger charge is -2.23. The molecule has 6 heteroatoms. The zero-order valence-electron chi connectivity index (χ0n) is 15.2. The standard InChI is InChI=1S/C19H23F2N3O/c1-6-23(3)12-22-17-9-14(20)10-18(13(17)2)24(4)15-7-8-19(25-5)16(21)11-15/h7-12H,6H2,1-5H3/b22-12+. The van der Waals surface area contributed by atoms with Crippen LogP contribution in [0.25, 0.3) is 0 Å². The average molecular weight is 347 g/mol. The molecule has 0 amide bonds. The summed E-state index contributed by atoms with van der Waals surface area (Å²) in [5.74, 6) is -0.697. The first kappa shape index (κ1) is 18.7. The second-order valence-corrected chi connectivity index (χ2v) is 5.76. The Morgan fingerprint density at radius 3 is 2.48 bits per heavy atom. The van der Waals surface area contributed by atoms with Gasteiger partial charge in [-0.05, 0) is 43.7 Å². The second kappa shape index (κ2) is 7.96. The summed E-state index contributed by atoms with van der Waals surface area (Å²) in [6.07, 6.45) is 1.67. The van der Waals surface area contributed by atoms with Crippen LogP contribution in [0.4, 0.5) is 25.8 Å². The first-order chi connectivity index (χ1) is 11.9. The summed E-state index contributed by atoms with van der Waals surface area (Å²) in [4.78, 5) is 7.98. The van der Waals surface area contributed by atoms with Gasteiger partial charge in [0, 0.05) is 38.1 Å². The number of benzene rings is 2. The molecule has 2 aromatic rings. The number of halogens is 2. The Morgan fingerprint density at radius 2 is 1.88 bits per heavy atom. The van der Waals surface area contributed by atoms with Crippen LogP contribution in [0.2, 0.25) is 0 Å². The molecule has 25 heavy (non-hydrogen) atoms. The molecule has 0 heterocycles. The van der Waals surface area contributed by atoms with Crippen LogP contribution < -0.4 is 9.64 Å². The smallest absolute Gasteiger partial charge is 0.167 e. The van der Waals surface area contributed by atoms with Crippen LogP contribution >= 0.6 is 0 Å². The third-order valence-electron chi connectivity index (χ3n) is 4.09. The van der Waals surface area contributed by atoms with E-state index in [0.717, 1.165) is 12.1 Å². The minimum atomic E-state index is -0.469. The molecule has 2 rings (SSSR count). The zero-order valence-corrected chi connectivity index (χ0v) is 15.2. The molecule has 0 atom stereocenters. The molecular weight excluding hydrogens is 324 g/mol. The minimum Gasteiger partial charge on any atom is -0.494 e. The van der Waals surface area contributed by atoms with Crippen molar-refractivity contribution in [2.24, 2.45) is 4.99 Å².